The highest BCUT2D eigenvalue weighted by atomic mass is 35.5. The lowest BCUT2D eigenvalue weighted by molar-refractivity contribution is 0.0601. The molecule has 2 unspecified atom stereocenters. The molecule has 2 N–H and O–H groups in total. The summed E-state index contributed by atoms with van der Waals surface area (Å²) in [4.78, 5) is 11.6. The lowest BCUT2D eigenvalue weighted by Crippen LogP contribution is -2.29. The number of benzene rings is 1. The molecule has 2 rings (SSSR count). The molecule has 0 spiro atoms. The largest absolute Gasteiger partial charge is 0.465 e. The van der Waals surface area contributed by atoms with Crippen LogP contribution in [0.1, 0.15) is 36.5 Å². The second-order valence-corrected chi connectivity index (χ2v) is 5.67. The number of methoxy groups -OCH3 is 1. The Balaban J connectivity index is 1.99. The molecule has 2 atom stereocenters. The van der Waals surface area contributed by atoms with Gasteiger partial charge in [0.1, 0.15) is 0 Å². The molecule has 110 valence electrons. The van der Waals surface area contributed by atoms with E-state index >= 15 is 0 Å². The standard InChI is InChI=1S/C15H21ClN2O2/c1-10(8-11-4-3-7-17-11)18-12-5-6-14(16)13(9-12)15(19)20-2/h5-6,9-11,17-18H,3-4,7-8H2,1-2H3. The Morgan fingerprint density at radius 3 is 3.05 bits per heavy atom. The van der Waals surface area contributed by atoms with Crippen molar-refractivity contribution in [3.05, 3.63) is 28.8 Å². The van der Waals surface area contributed by atoms with Crippen molar-refractivity contribution in [3.8, 4) is 0 Å². The summed E-state index contributed by atoms with van der Waals surface area (Å²) in [5, 5.41) is 7.30. The zero-order chi connectivity index (χ0) is 14.5. The first-order valence-corrected chi connectivity index (χ1v) is 7.35. The van der Waals surface area contributed by atoms with Gasteiger partial charge in [0, 0.05) is 17.8 Å². The Morgan fingerprint density at radius 1 is 1.60 bits per heavy atom. The van der Waals surface area contributed by atoms with Gasteiger partial charge < -0.3 is 15.4 Å². The van der Waals surface area contributed by atoms with Crippen molar-refractivity contribution in [2.75, 3.05) is 19.0 Å². The molecule has 5 heteroatoms. The fraction of sp³-hybridized carbons (Fsp3) is 0.533. The molecule has 1 heterocycles. The molecule has 1 saturated heterocycles. The van der Waals surface area contributed by atoms with Crippen LogP contribution in [0.2, 0.25) is 5.02 Å². The van der Waals surface area contributed by atoms with Crippen LogP contribution in [0.3, 0.4) is 0 Å². The molecule has 1 aliphatic heterocycles. The van der Waals surface area contributed by atoms with Crippen molar-refractivity contribution < 1.29 is 9.53 Å². The average molecular weight is 297 g/mol. The fourth-order valence-electron chi connectivity index (χ4n) is 2.61. The van der Waals surface area contributed by atoms with Gasteiger partial charge in [0.05, 0.1) is 17.7 Å². The number of ether oxygens (including phenoxy) is 1. The Morgan fingerprint density at radius 2 is 2.40 bits per heavy atom. The van der Waals surface area contributed by atoms with Crippen LogP contribution in [0.4, 0.5) is 5.69 Å². The predicted molar refractivity (Wildman–Crippen MR) is 81.5 cm³/mol. The van der Waals surface area contributed by atoms with Gasteiger partial charge in [0.15, 0.2) is 0 Å². The minimum Gasteiger partial charge on any atom is -0.465 e. The van der Waals surface area contributed by atoms with Crippen molar-refractivity contribution in [1.29, 1.82) is 0 Å². The lowest BCUT2D eigenvalue weighted by atomic mass is 10.1. The van der Waals surface area contributed by atoms with E-state index < -0.39 is 5.97 Å². The molecular weight excluding hydrogens is 276 g/mol. The number of carbonyl (C=O) groups excluding carboxylic acids is 1. The minimum atomic E-state index is -0.413. The van der Waals surface area contributed by atoms with Crippen LogP contribution in [0, 0.1) is 0 Å². The highest BCUT2D eigenvalue weighted by Gasteiger charge is 2.17. The summed E-state index contributed by atoms with van der Waals surface area (Å²) in [5.74, 6) is -0.413. The smallest absolute Gasteiger partial charge is 0.339 e. The van der Waals surface area contributed by atoms with Crippen molar-refractivity contribution in [2.24, 2.45) is 0 Å². The van der Waals surface area contributed by atoms with Crippen LogP contribution >= 0.6 is 11.6 Å². The summed E-state index contributed by atoms with van der Waals surface area (Å²) in [5.41, 5.74) is 1.28. The second-order valence-electron chi connectivity index (χ2n) is 5.26. The molecule has 20 heavy (non-hydrogen) atoms. The Hall–Kier alpha value is -1.26. The first-order valence-electron chi connectivity index (χ1n) is 6.98. The highest BCUT2D eigenvalue weighted by Crippen LogP contribution is 2.22. The SMILES string of the molecule is COC(=O)c1cc(NC(C)CC2CCCN2)ccc1Cl. The third-order valence-electron chi connectivity index (χ3n) is 3.59. The summed E-state index contributed by atoms with van der Waals surface area (Å²) in [6, 6.07) is 6.26. The molecule has 0 aliphatic carbocycles. The predicted octanol–water partition coefficient (Wildman–Crippen LogP) is 3.07. The molecule has 1 fully saturated rings. The van der Waals surface area contributed by atoms with Crippen LogP contribution < -0.4 is 10.6 Å². The number of esters is 1. The van der Waals surface area contributed by atoms with Crippen molar-refractivity contribution >= 4 is 23.3 Å². The fourth-order valence-corrected chi connectivity index (χ4v) is 2.80. The maximum atomic E-state index is 11.6. The average Bonchev–Trinajstić information content (AvgIpc) is 2.92. The summed E-state index contributed by atoms with van der Waals surface area (Å²) in [6.45, 7) is 3.26. The third kappa shape index (κ3) is 3.87. The van der Waals surface area contributed by atoms with Crippen molar-refractivity contribution in [1.82, 2.24) is 5.32 Å². The van der Waals surface area contributed by atoms with E-state index in [2.05, 4.69) is 17.6 Å². The number of anilines is 1. The van der Waals surface area contributed by atoms with Crippen LogP contribution in [-0.2, 0) is 4.74 Å². The Kier molecular flexibility index (Phi) is 5.26. The Labute approximate surface area is 124 Å². The molecule has 0 bridgehead atoms. The van der Waals surface area contributed by atoms with E-state index in [0.717, 1.165) is 18.7 Å². The molecule has 0 aromatic heterocycles. The van der Waals surface area contributed by atoms with Crippen LogP contribution in [0.15, 0.2) is 18.2 Å². The van der Waals surface area contributed by atoms with E-state index in [-0.39, 0.29) is 0 Å². The van der Waals surface area contributed by atoms with Crippen LogP contribution in [0.25, 0.3) is 0 Å². The summed E-state index contributed by atoms with van der Waals surface area (Å²) in [6.07, 6.45) is 3.56. The number of halogens is 1. The summed E-state index contributed by atoms with van der Waals surface area (Å²) < 4.78 is 4.72. The molecule has 0 radical (unpaired) electrons. The first kappa shape index (κ1) is 15.1. The van der Waals surface area contributed by atoms with E-state index in [1.54, 1.807) is 12.1 Å². The van der Waals surface area contributed by atoms with Crippen molar-refractivity contribution in [3.63, 3.8) is 0 Å². The van der Waals surface area contributed by atoms with Gasteiger partial charge in [0.2, 0.25) is 0 Å². The van der Waals surface area contributed by atoms with E-state index in [0.29, 0.717) is 22.7 Å². The number of rotatable bonds is 5. The molecule has 1 aromatic carbocycles. The maximum Gasteiger partial charge on any atom is 0.339 e. The number of nitrogens with one attached hydrogen (secondary N) is 2. The minimum absolute atomic E-state index is 0.331. The van der Waals surface area contributed by atoms with Gasteiger partial charge in [-0.05, 0) is 50.9 Å². The molecule has 0 saturated carbocycles. The third-order valence-corrected chi connectivity index (χ3v) is 3.91. The zero-order valence-corrected chi connectivity index (χ0v) is 12.7. The number of hydrogen-bond donors (Lipinski definition) is 2. The van der Waals surface area contributed by atoms with E-state index in [9.17, 15) is 4.79 Å². The van der Waals surface area contributed by atoms with Gasteiger partial charge >= 0.3 is 5.97 Å². The normalized spacial score (nSPS) is 19.6. The molecule has 1 aliphatic rings. The monoisotopic (exact) mass is 296 g/mol. The second kappa shape index (κ2) is 6.95. The van der Waals surface area contributed by atoms with Gasteiger partial charge in [-0.15, -0.1) is 0 Å². The van der Waals surface area contributed by atoms with E-state index in [4.69, 9.17) is 16.3 Å². The van der Waals surface area contributed by atoms with Gasteiger partial charge in [-0.3, -0.25) is 0 Å². The van der Waals surface area contributed by atoms with E-state index in [1.165, 1.54) is 20.0 Å². The summed E-state index contributed by atoms with van der Waals surface area (Å²) in [7, 11) is 1.35. The zero-order valence-electron chi connectivity index (χ0n) is 11.9. The topological polar surface area (TPSA) is 50.4 Å². The Bertz CT molecular complexity index is 473. The molecule has 0 amide bonds. The molecule has 1 aromatic rings. The van der Waals surface area contributed by atoms with Crippen LogP contribution in [-0.4, -0.2) is 31.7 Å². The van der Waals surface area contributed by atoms with E-state index in [1.807, 2.05) is 6.07 Å². The van der Waals surface area contributed by atoms with Crippen LogP contribution in [0.5, 0.6) is 0 Å². The molecular formula is C15H21ClN2O2. The van der Waals surface area contributed by atoms with Gasteiger partial charge in [-0.2, -0.15) is 0 Å². The maximum absolute atomic E-state index is 11.6. The van der Waals surface area contributed by atoms with Gasteiger partial charge in [-0.25, -0.2) is 4.79 Å². The molecule has 4 nitrogen and oxygen atoms in total. The summed E-state index contributed by atoms with van der Waals surface area (Å²) >= 11 is 6.01. The van der Waals surface area contributed by atoms with Gasteiger partial charge in [-0.1, -0.05) is 11.6 Å². The lowest BCUT2D eigenvalue weighted by Gasteiger charge is -2.19. The number of carbonyl (C=O) groups is 1. The van der Waals surface area contributed by atoms with Crippen molar-refractivity contribution in [2.45, 2.75) is 38.3 Å². The first-order chi connectivity index (χ1) is 9.60. The van der Waals surface area contributed by atoms with Gasteiger partial charge in [0.25, 0.3) is 0 Å². The quantitative estimate of drug-likeness (QED) is 0.820. The number of hydrogen-bond acceptors (Lipinski definition) is 4. The highest BCUT2D eigenvalue weighted by molar-refractivity contribution is 6.33.